The summed E-state index contributed by atoms with van der Waals surface area (Å²) in [5, 5.41) is 12.7. The Kier molecular flexibility index (Phi) is 7.76. The predicted molar refractivity (Wildman–Crippen MR) is 111 cm³/mol. The quantitative estimate of drug-likeness (QED) is 0.454. The van der Waals surface area contributed by atoms with Crippen LogP contribution in [-0.2, 0) is 22.9 Å². The van der Waals surface area contributed by atoms with Crippen LogP contribution in [0, 0.1) is 13.8 Å². The molecule has 1 aromatic heterocycles. The van der Waals surface area contributed by atoms with E-state index in [1.807, 2.05) is 13.8 Å². The van der Waals surface area contributed by atoms with Crippen molar-refractivity contribution in [3.63, 3.8) is 0 Å². The molecule has 2 aromatic rings. The van der Waals surface area contributed by atoms with E-state index in [9.17, 15) is 8.42 Å². The lowest BCUT2D eigenvalue weighted by Gasteiger charge is -2.11. The van der Waals surface area contributed by atoms with Crippen LogP contribution in [0.5, 0.6) is 0 Å². The average molecular weight is 410 g/mol. The highest BCUT2D eigenvalue weighted by Gasteiger charge is 2.07. The topological polar surface area (TPSA) is 109 Å². The fourth-order valence-corrected chi connectivity index (χ4v) is 3.86. The van der Waals surface area contributed by atoms with Gasteiger partial charge < -0.3 is 10.6 Å². The Hall–Kier alpha value is -1.97. The van der Waals surface area contributed by atoms with Crippen LogP contribution in [0.15, 0.2) is 34.2 Å². The molecule has 148 valence electrons. The minimum Gasteiger partial charge on any atom is -0.357 e. The second-order valence-electron chi connectivity index (χ2n) is 6.13. The predicted octanol–water partition coefficient (Wildman–Crippen LogP) is 1.75. The molecule has 4 N–H and O–H groups in total. The summed E-state index contributed by atoms with van der Waals surface area (Å²) in [6.45, 7) is 8.28. The van der Waals surface area contributed by atoms with Crippen LogP contribution in [0.25, 0.3) is 0 Å². The molecule has 27 heavy (non-hydrogen) atoms. The zero-order chi connectivity index (χ0) is 19.9. The van der Waals surface area contributed by atoms with Gasteiger partial charge in [0.15, 0.2) is 5.96 Å². The molecule has 1 heterocycles. The number of rotatable bonds is 8. The van der Waals surface area contributed by atoms with Gasteiger partial charge in [-0.1, -0.05) is 12.1 Å². The fourth-order valence-electron chi connectivity index (χ4n) is 2.42. The Balaban J connectivity index is 1.84. The Labute approximate surface area is 165 Å². The van der Waals surface area contributed by atoms with Gasteiger partial charge in [0.25, 0.3) is 0 Å². The van der Waals surface area contributed by atoms with E-state index >= 15 is 0 Å². The maximum Gasteiger partial charge on any atom is 0.238 e. The van der Waals surface area contributed by atoms with Crippen LogP contribution >= 0.6 is 11.3 Å². The first kappa shape index (κ1) is 21.3. The van der Waals surface area contributed by atoms with Crippen molar-refractivity contribution in [1.82, 2.24) is 15.6 Å². The number of nitrogens with one attached hydrogen (secondary N) is 2. The Morgan fingerprint density at radius 2 is 1.89 bits per heavy atom. The van der Waals surface area contributed by atoms with Crippen LogP contribution in [0.2, 0.25) is 0 Å². The zero-order valence-corrected chi connectivity index (χ0v) is 17.6. The van der Waals surface area contributed by atoms with E-state index in [4.69, 9.17) is 5.14 Å². The van der Waals surface area contributed by atoms with Crippen molar-refractivity contribution in [2.75, 3.05) is 19.6 Å². The van der Waals surface area contributed by atoms with Gasteiger partial charge in [-0.05, 0) is 44.9 Å². The summed E-state index contributed by atoms with van der Waals surface area (Å²) in [6, 6.07) is 6.61. The molecule has 0 aliphatic heterocycles. The van der Waals surface area contributed by atoms with Gasteiger partial charge in [-0.3, -0.25) is 4.99 Å². The van der Waals surface area contributed by atoms with Crippen LogP contribution in [0.4, 0.5) is 0 Å². The van der Waals surface area contributed by atoms with E-state index in [0.29, 0.717) is 13.1 Å². The average Bonchev–Trinajstić information content (AvgIpc) is 2.92. The van der Waals surface area contributed by atoms with Crippen LogP contribution < -0.4 is 15.8 Å². The number of sulfonamides is 1. The molecule has 0 bridgehead atoms. The molecule has 0 aliphatic carbocycles. The number of guanidine groups is 1. The summed E-state index contributed by atoms with van der Waals surface area (Å²) < 4.78 is 22.6. The molecule has 0 unspecified atom stereocenters. The molecule has 0 saturated carbocycles. The molecule has 0 atom stereocenters. The van der Waals surface area contributed by atoms with Gasteiger partial charge in [-0.25, -0.2) is 18.5 Å². The molecule has 0 radical (unpaired) electrons. The second-order valence-corrected chi connectivity index (χ2v) is 8.97. The van der Waals surface area contributed by atoms with Crippen molar-refractivity contribution in [3.8, 4) is 0 Å². The minimum atomic E-state index is -3.64. The highest BCUT2D eigenvalue weighted by molar-refractivity contribution is 7.89. The van der Waals surface area contributed by atoms with E-state index in [0.717, 1.165) is 41.6 Å². The number of nitrogens with zero attached hydrogens (tertiary/aromatic N) is 2. The summed E-state index contributed by atoms with van der Waals surface area (Å²) in [6.07, 6.45) is 1.57. The molecule has 9 heteroatoms. The van der Waals surface area contributed by atoms with Crippen molar-refractivity contribution in [2.24, 2.45) is 10.1 Å². The number of hydrogen-bond acceptors (Lipinski definition) is 5. The summed E-state index contributed by atoms with van der Waals surface area (Å²) >= 11 is 1.72. The zero-order valence-electron chi connectivity index (χ0n) is 15.9. The lowest BCUT2D eigenvalue weighted by atomic mass is 10.1. The molecule has 0 fully saturated rings. The summed E-state index contributed by atoms with van der Waals surface area (Å²) in [4.78, 5) is 10.5. The minimum absolute atomic E-state index is 0.127. The number of aromatic nitrogens is 1. The lowest BCUT2D eigenvalue weighted by Crippen LogP contribution is -2.38. The van der Waals surface area contributed by atoms with Gasteiger partial charge >= 0.3 is 0 Å². The van der Waals surface area contributed by atoms with Crippen molar-refractivity contribution in [3.05, 3.63) is 45.4 Å². The SMILES string of the molecule is CCNC(=NCCc1nc(C)c(C)s1)NCCc1ccc(S(N)(=O)=O)cc1. The molecule has 2 rings (SSSR count). The van der Waals surface area contributed by atoms with Gasteiger partial charge in [-0.2, -0.15) is 0 Å². The van der Waals surface area contributed by atoms with Crippen LogP contribution in [0.3, 0.4) is 0 Å². The lowest BCUT2D eigenvalue weighted by molar-refractivity contribution is 0.598. The van der Waals surface area contributed by atoms with Gasteiger partial charge in [0.05, 0.1) is 15.6 Å². The highest BCUT2D eigenvalue weighted by Crippen LogP contribution is 2.16. The number of thiazole rings is 1. The van der Waals surface area contributed by atoms with Crippen LogP contribution in [0.1, 0.15) is 28.1 Å². The van der Waals surface area contributed by atoms with E-state index in [-0.39, 0.29) is 4.90 Å². The summed E-state index contributed by atoms with van der Waals surface area (Å²) in [5.41, 5.74) is 2.12. The first-order chi connectivity index (χ1) is 12.8. The third-order valence-electron chi connectivity index (χ3n) is 3.97. The normalized spacial score (nSPS) is 12.2. The van der Waals surface area contributed by atoms with Crippen molar-refractivity contribution in [2.45, 2.75) is 38.5 Å². The molecule has 7 nitrogen and oxygen atoms in total. The smallest absolute Gasteiger partial charge is 0.238 e. The Bertz CT molecular complexity index is 854. The molecular weight excluding hydrogens is 382 g/mol. The van der Waals surface area contributed by atoms with Crippen molar-refractivity contribution in [1.29, 1.82) is 0 Å². The number of primary sulfonamides is 1. The van der Waals surface area contributed by atoms with Gasteiger partial charge in [0.2, 0.25) is 10.0 Å². The molecule has 0 aliphatic rings. The molecule has 0 saturated heterocycles. The van der Waals surface area contributed by atoms with Crippen molar-refractivity contribution < 1.29 is 8.42 Å². The number of aliphatic imine (C=N–C) groups is 1. The maximum absolute atomic E-state index is 11.3. The number of nitrogens with two attached hydrogens (primary N) is 1. The fraction of sp³-hybridized carbons (Fsp3) is 0.444. The molecule has 0 spiro atoms. The van der Waals surface area contributed by atoms with Gasteiger partial charge in [0, 0.05) is 30.9 Å². The Morgan fingerprint density at radius 1 is 1.19 bits per heavy atom. The summed E-state index contributed by atoms with van der Waals surface area (Å²) in [5.74, 6) is 0.767. The largest absolute Gasteiger partial charge is 0.357 e. The monoisotopic (exact) mass is 409 g/mol. The first-order valence-corrected chi connectivity index (χ1v) is 11.2. The van der Waals surface area contributed by atoms with Crippen molar-refractivity contribution >= 4 is 27.3 Å². The first-order valence-electron chi connectivity index (χ1n) is 8.86. The van der Waals surface area contributed by atoms with E-state index in [1.54, 1.807) is 23.5 Å². The standard InChI is InChI=1S/C18H27N5O2S2/c1-4-20-18(22-12-10-17-23-13(2)14(3)26-17)21-11-9-15-5-7-16(8-6-15)27(19,24)25/h5-8H,4,9-12H2,1-3H3,(H2,19,24,25)(H2,20,21,22). The van der Waals surface area contributed by atoms with E-state index in [2.05, 4.69) is 27.5 Å². The maximum atomic E-state index is 11.3. The molecule has 1 aromatic carbocycles. The third-order valence-corrected chi connectivity index (χ3v) is 6.03. The number of benzene rings is 1. The summed E-state index contributed by atoms with van der Waals surface area (Å²) in [7, 11) is -3.64. The third kappa shape index (κ3) is 6.93. The highest BCUT2D eigenvalue weighted by atomic mass is 32.2. The number of hydrogen-bond donors (Lipinski definition) is 3. The molecular formula is C18H27N5O2S2. The Morgan fingerprint density at radius 3 is 2.44 bits per heavy atom. The molecule has 0 amide bonds. The van der Waals surface area contributed by atoms with Crippen LogP contribution in [-0.4, -0.2) is 39.0 Å². The van der Waals surface area contributed by atoms with Gasteiger partial charge in [0.1, 0.15) is 0 Å². The van der Waals surface area contributed by atoms with Gasteiger partial charge in [-0.15, -0.1) is 11.3 Å². The number of aryl methyl sites for hydroxylation is 2. The van der Waals surface area contributed by atoms with E-state index < -0.39 is 10.0 Å². The van der Waals surface area contributed by atoms with E-state index in [1.165, 1.54) is 17.0 Å². The second kappa shape index (κ2) is 9.82.